The average molecular weight is 380 g/mol. The molecule has 0 spiro atoms. The molecule has 0 saturated carbocycles. The summed E-state index contributed by atoms with van der Waals surface area (Å²) in [6.45, 7) is 7.03. The molecule has 0 amide bonds. The van der Waals surface area contributed by atoms with Gasteiger partial charge in [0.25, 0.3) is 0 Å². The van der Waals surface area contributed by atoms with Crippen molar-refractivity contribution in [2.45, 2.75) is 52.5 Å². The van der Waals surface area contributed by atoms with E-state index in [-0.39, 0.29) is 30.7 Å². The first-order valence-corrected chi connectivity index (χ1v) is 8.46. The van der Waals surface area contributed by atoms with Crippen molar-refractivity contribution in [2.75, 3.05) is 13.1 Å². The second-order valence-electron chi connectivity index (χ2n) is 6.60. The van der Waals surface area contributed by atoms with Crippen molar-refractivity contribution >= 4 is 30.8 Å². The number of carboxylic acid groups (broad SMARTS) is 1. The molecule has 5 nitrogen and oxygen atoms in total. The van der Waals surface area contributed by atoms with E-state index >= 15 is 0 Å². The number of hydrogen-bond donors (Lipinski definition) is 1. The summed E-state index contributed by atoms with van der Waals surface area (Å²) >= 11 is 0. The van der Waals surface area contributed by atoms with E-state index in [4.69, 9.17) is 0 Å². The summed E-state index contributed by atoms with van der Waals surface area (Å²) in [6.07, 6.45) is 4.92. The summed E-state index contributed by atoms with van der Waals surface area (Å²) in [7, 11) is 1.99. The smallest absolute Gasteiger partial charge is 0.306 e. The van der Waals surface area contributed by atoms with Gasteiger partial charge in [-0.1, -0.05) is 19.8 Å². The number of nitrogens with zero attached hydrogens (tertiary/aromatic N) is 3. The molecule has 1 aromatic heterocycles. The fraction of sp³-hybridized carbons (Fsp3) is 0.765. The van der Waals surface area contributed by atoms with Crippen LogP contribution in [-0.4, -0.2) is 38.8 Å². The number of piperidine rings is 1. The van der Waals surface area contributed by atoms with Crippen molar-refractivity contribution in [2.24, 2.45) is 18.9 Å². The Hall–Kier alpha value is -0.780. The van der Waals surface area contributed by atoms with Crippen molar-refractivity contribution in [1.29, 1.82) is 0 Å². The monoisotopic (exact) mass is 379 g/mol. The number of aliphatic carboxylic acids is 1. The number of hydrogen-bond acceptors (Lipinski definition) is 3. The van der Waals surface area contributed by atoms with Gasteiger partial charge in [0.05, 0.1) is 17.3 Å². The zero-order valence-electron chi connectivity index (χ0n) is 14.9. The topological polar surface area (TPSA) is 58.4 Å². The minimum absolute atomic E-state index is 0. The van der Waals surface area contributed by atoms with Crippen LogP contribution in [0.4, 0.5) is 0 Å². The Morgan fingerprint density at radius 1 is 1.38 bits per heavy atom. The summed E-state index contributed by atoms with van der Waals surface area (Å²) in [5.74, 6) is -0.413. The molecule has 2 heterocycles. The highest BCUT2D eigenvalue weighted by Gasteiger charge is 2.30. The van der Waals surface area contributed by atoms with Crippen LogP contribution in [0.15, 0.2) is 6.07 Å². The summed E-state index contributed by atoms with van der Waals surface area (Å²) < 4.78 is 1.95. The molecule has 1 aliphatic rings. The van der Waals surface area contributed by atoms with Gasteiger partial charge >= 0.3 is 5.97 Å². The maximum absolute atomic E-state index is 11.5. The predicted molar refractivity (Wildman–Crippen MR) is 101 cm³/mol. The molecule has 0 aromatic carbocycles. The van der Waals surface area contributed by atoms with Crippen LogP contribution in [0.25, 0.3) is 0 Å². The number of rotatable bonds is 7. The van der Waals surface area contributed by atoms with Crippen molar-refractivity contribution in [3.63, 3.8) is 0 Å². The molecule has 1 fully saturated rings. The van der Waals surface area contributed by atoms with E-state index in [0.29, 0.717) is 5.92 Å². The molecule has 1 aliphatic heterocycles. The van der Waals surface area contributed by atoms with E-state index in [2.05, 4.69) is 23.0 Å². The van der Waals surface area contributed by atoms with Crippen LogP contribution < -0.4 is 0 Å². The van der Waals surface area contributed by atoms with Crippen LogP contribution in [-0.2, 0) is 18.4 Å². The van der Waals surface area contributed by atoms with Gasteiger partial charge in [-0.2, -0.15) is 5.10 Å². The first-order valence-electron chi connectivity index (χ1n) is 8.46. The van der Waals surface area contributed by atoms with Crippen LogP contribution >= 0.6 is 24.8 Å². The lowest BCUT2D eigenvalue weighted by Crippen LogP contribution is -2.38. The van der Waals surface area contributed by atoms with E-state index in [0.717, 1.165) is 57.4 Å². The van der Waals surface area contributed by atoms with E-state index < -0.39 is 5.97 Å². The molecule has 1 unspecified atom stereocenters. The van der Waals surface area contributed by atoms with Gasteiger partial charge in [-0.15, -0.1) is 24.8 Å². The van der Waals surface area contributed by atoms with Gasteiger partial charge in [0.1, 0.15) is 0 Å². The molecular weight excluding hydrogens is 349 g/mol. The Kier molecular flexibility index (Phi) is 10.6. The van der Waals surface area contributed by atoms with Gasteiger partial charge < -0.3 is 5.11 Å². The third-order valence-corrected chi connectivity index (χ3v) is 4.87. The second-order valence-corrected chi connectivity index (χ2v) is 6.60. The number of likely N-dealkylation sites (tertiary alicyclic amines) is 1. The summed E-state index contributed by atoms with van der Waals surface area (Å²) in [4.78, 5) is 13.9. The lowest BCUT2D eigenvalue weighted by molar-refractivity contribution is -0.144. The maximum atomic E-state index is 11.5. The first-order chi connectivity index (χ1) is 10.5. The lowest BCUT2D eigenvalue weighted by Gasteiger charge is -2.34. The highest BCUT2D eigenvalue weighted by molar-refractivity contribution is 5.85. The summed E-state index contributed by atoms with van der Waals surface area (Å²) in [6, 6.07) is 2.13. The molecule has 0 bridgehead atoms. The molecule has 1 atom stereocenters. The molecule has 1 saturated heterocycles. The Morgan fingerprint density at radius 3 is 2.46 bits per heavy atom. The Labute approximate surface area is 157 Å². The van der Waals surface area contributed by atoms with Gasteiger partial charge in [-0.25, -0.2) is 0 Å². The predicted octanol–water partition coefficient (Wildman–Crippen LogP) is 3.68. The SMILES string of the molecule is CCCCC(C(=O)O)C1CCN(Cc2cc(C)nn2C)CC1.Cl.Cl. The summed E-state index contributed by atoms with van der Waals surface area (Å²) in [5.41, 5.74) is 2.29. The van der Waals surface area contributed by atoms with Crippen LogP contribution in [0.2, 0.25) is 0 Å². The van der Waals surface area contributed by atoms with Gasteiger partial charge in [0, 0.05) is 13.6 Å². The largest absolute Gasteiger partial charge is 0.481 e. The van der Waals surface area contributed by atoms with Crippen LogP contribution in [0.5, 0.6) is 0 Å². The van der Waals surface area contributed by atoms with Gasteiger partial charge in [0.2, 0.25) is 0 Å². The van der Waals surface area contributed by atoms with Crippen molar-refractivity contribution in [1.82, 2.24) is 14.7 Å². The van der Waals surface area contributed by atoms with Crippen molar-refractivity contribution in [3.8, 4) is 0 Å². The number of carbonyl (C=O) groups is 1. The maximum Gasteiger partial charge on any atom is 0.306 e. The zero-order valence-corrected chi connectivity index (χ0v) is 16.5. The molecule has 7 heteroatoms. The molecule has 140 valence electrons. The number of unbranched alkanes of at least 4 members (excludes halogenated alkanes) is 1. The third-order valence-electron chi connectivity index (χ3n) is 4.87. The molecule has 2 rings (SSSR count). The third kappa shape index (κ3) is 6.26. The minimum Gasteiger partial charge on any atom is -0.481 e. The van der Waals surface area contributed by atoms with E-state index in [1.54, 1.807) is 0 Å². The van der Waals surface area contributed by atoms with E-state index in [1.165, 1.54) is 5.69 Å². The summed E-state index contributed by atoms with van der Waals surface area (Å²) in [5, 5.41) is 13.9. The molecular formula is C17H31Cl2N3O2. The average Bonchev–Trinajstić information content (AvgIpc) is 2.78. The Balaban J connectivity index is 0.00000264. The van der Waals surface area contributed by atoms with Gasteiger partial charge in [0.15, 0.2) is 0 Å². The molecule has 1 aromatic rings. The molecule has 1 N–H and O–H groups in total. The van der Waals surface area contributed by atoms with E-state index in [9.17, 15) is 9.90 Å². The molecule has 0 aliphatic carbocycles. The van der Waals surface area contributed by atoms with Crippen LogP contribution in [0, 0.1) is 18.8 Å². The van der Waals surface area contributed by atoms with Crippen LogP contribution in [0.3, 0.4) is 0 Å². The number of carboxylic acids is 1. The van der Waals surface area contributed by atoms with Crippen molar-refractivity contribution < 1.29 is 9.90 Å². The fourth-order valence-electron chi connectivity index (χ4n) is 3.54. The number of aromatic nitrogens is 2. The Bertz CT molecular complexity index is 500. The lowest BCUT2D eigenvalue weighted by atomic mass is 9.81. The minimum atomic E-state index is -0.603. The Morgan fingerprint density at radius 2 is 2.00 bits per heavy atom. The normalized spacial score (nSPS) is 17.0. The van der Waals surface area contributed by atoms with E-state index in [1.807, 2.05) is 18.7 Å². The van der Waals surface area contributed by atoms with Gasteiger partial charge in [-0.3, -0.25) is 14.4 Å². The standard InChI is InChI=1S/C17H29N3O2.2ClH/c1-4-5-6-16(17(21)22)14-7-9-20(10-8-14)12-15-11-13(2)18-19(15)3;;/h11,14,16H,4-10,12H2,1-3H3,(H,21,22);2*1H. The fourth-order valence-corrected chi connectivity index (χ4v) is 3.54. The number of aryl methyl sites for hydroxylation is 2. The van der Waals surface area contributed by atoms with Gasteiger partial charge in [-0.05, 0) is 51.3 Å². The first kappa shape index (κ1) is 23.2. The van der Waals surface area contributed by atoms with Crippen LogP contribution in [0.1, 0.15) is 50.4 Å². The number of halogens is 2. The highest BCUT2D eigenvalue weighted by atomic mass is 35.5. The highest BCUT2D eigenvalue weighted by Crippen LogP contribution is 2.29. The second kappa shape index (κ2) is 11.0. The molecule has 24 heavy (non-hydrogen) atoms. The zero-order chi connectivity index (χ0) is 16.1. The van der Waals surface area contributed by atoms with Crippen molar-refractivity contribution in [3.05, 3.63) is 17.5 Å². The quantitative estimate of drug-likeness (QED) is 0.784. The molecule has 0 radical (unpaired) electrons.